The maximum Gasteiger partial charge on any atom is 0.348 e. The Labute approximate surface area is 168 Å². The highest BCUT2D eigenvalue weighted by Gasteiger charge is 2.15. The molecule has 0 amide bonds. The van der Waals surface area contributed by atoms with E-state index in [1.807, 2.05) is 6.07 Å². The number of hydrogen-bond acceptors (Lipinski definition) is 5. The van der Waals surface area contributed by atoms with Crippen LogP contribution in [0.25, 0.3) is 6.08 Å². The summed E-state index contributed by atoms with van der Waals surface area (Å²) in [5, 5.41) is 9.25. The molecule has 0 radical (unpaired) electrons. The molecule has 1 aromatic rings. The van der Waals surface area contributed by atoms with Crippen LogP contribution in [-0.2, 0) is 9.53 Å². The molecule has 1 aliphatic heterocycles. The molecule has 0 bridgehead atoms. The van der Waals surface area contributed by atoms with Gasteiger partial charge < -0.3 is 14.2 Å². The summed E-state index contributed by atoms with van der Waals surface area (Å²) in [6.07, 6.45) is 13.8. The topological polar surface area (TPSA) is 68.6 Å². The predicted octanol–water partition coefficient (Wildman–Crippen LogP) is 5.79. The quantitative estimate of drug-likeness (QED) is 0.186. The minimum absolute atomic E-state index is 0.00838. The average Bonchev–Trinajstić information content (AvgIpc) is 3.18. The molecule has 0 saturated heterocycles. The number of nitriles is 1. The lowest BCUT2D eigenvalue weighted by Crippen LogP contribution is -2.08. The smallest absolute Gasteiger partial charge is 0.348 e. The van der Waals surface area contributed by atoms with Crippen LogP contribution in [-0.4, -0.2) is 19.4 Å². The van der Waals surface area contributed by atoms with Crippen molar-refractivity contribution in [3.63, 3.8) is 0 Å². The van der Waals surface area contributed by atoms with E-state index in [9.17, 15) is 10.1 Å². The van der Waals surface area contributed by atoms with Crippen molar-refractivity contribution in [1.82, 2.24) is 0 Å². The van der Waals surface area contributed by atoms with Gasteiger partial charge in [-0.05, 0) is 30.2 Å². The number of esters is 1. The first-order valence-corrected chi connectivity index (χ1v) is 10.4. The molecule has 1 heterocycles. The molecule has 152 valence electrons. The molecule has 0 atom stereocenters. The molecule has 5 heteroatoms. The minimum atomic E-state index is -0.573. The Hall–Kier alpha value is -2.48. The summed E-state index contributed by atoms with van der Waals surface area (Å²) < 4.78 is 15.8. The van der Waals surface area contributed by atoms with Crippen LogP contribution in [0.1, 0.15) is 76.7 Å². The van der Waals surface area contributed by atoms with Crippen LogP contribution in [0.4, 0.5) is 0 Å². The van der Waals surface area contributed by atoms with Crippen molar-refractivity contribution in [1.29, 1.82) is 5.26 Å². The second kappa shape index (κ2) is 12.8. The minimum Gasteiger partial charge on any atom is -0.462 e. The number of fused-ring (bicyclic) bond motifs is 1. The molecule has 2 rings (SSSR count). The fraction of sp³-hybridized carbons (Fsp3) is 0.565. The highest BCUT2D eigenvalue weighted by atomic mass is 16.7. The maximum absolute atomic E-state index is 12.1. The third kappa shape index (κ3) is 7.64. The summed E-state index contributed by atoms with van der Waals surface area (Å²) in [5.41, 5.74) is 0.697. The molecule has 0 aromatic heterocycles. The second-order valence-electron chi connectivity index (χ2n) is 7.10. The van der Waals surface area contributed by atoms with E-state index in [-0.39, 0.29) is 12.4 Å². The summed E-state index contributed by atoms with van der Waals surface area (Å²) in [6, 6.07) is 7.21. The zero-order valence-corrected chi connectivity index (χ0v) is 16.9. The van der Waals surface area contributed by atoms with Crippen LogP contribution in [0.2, 0.25) is 0 Å². The van der Waals surface area contributed by atoms with E-state index in [1.165, 1.54) is 57.4 Å². The van der Waals surface area contributed by atoms with Gasteiger partial charge >= 0.3 is 5.97 Å². The lowest BCUT2D eigenvalue weighted by molar-refractivity contribution is -0.138. The Kier molecular flexibility index (Phi) is 9.99. The number of benzene rings is 1. The van der Waals surface area contributed by atoms with Gasteiger partial charge in [0.1, 0.15) is 11.6 Å². The maximum atomic E-state index is 12.1. The van der Waals surface area contributed by atoms with Gasteiger partial charge in [-0.25, -0.2) is 4.79 Å². The first kappa shape index (κ1) is 21.8. The van der Waals surface area contributed by atoms with Crippen LogP contribution >= 0.6 is 0 Å². The monoisotopic (exact) mass is 385 g/mol. The molecular weight excluding hydrogens is 354 g/mol. The Morgan fingerprint density at radius 2 is 1.68 bits per heavy atom. The van der Waals surface area contributed by atoms with Crippen molar-refractivity contribution < 1.29 is 19.0 Å². The first-order valence-electron chi connectivity index (χ1n) is 10.4. The summed E-state index contributed by atoms with van der Waals surface area (Å²) in [7, 11) is 0. The standard InChI is InChI=1S/C23H31NO4/c1-2-3-4-5-6-7-8-9-10-11-14-26-23(25)20(17-24)15-19-12-13-21-22(16-19)28-18-27-21/h12-13,15-16H,2-11,14,18H2,1H3. The second-order valence-corrected chi connectivity index (χ2v) is 7.10. The Bertz CT molecular complexity index is 690. The molecule has 0 aliphatic carbocycles. The van der Waals surface area contributed by atoms with E-state index in [4.69, 9.17) is 14.2 Å². The van der Waals surface area contributed by atoms with Crippen LogP contribution in [0.15, 0.2) is 23.8 Å². The predicted molar refractivity (Wildman–Crippen MR) is 109 cm³/mol. The molecule has 0 N–H and O–H groups in total. The van der Waals surface area contributed by atoms with Gasteiger partial charge in [0.25, 0.3) is 0 Å². The number of carbonyl (C=O) groups excluding carboxylic acids is 1. The van der Waals surface area contributed by atoms with Gasteiger partial charge in [0, 0.05) is 0 Å². The van der Waals surface area contributed by atoms with Crippen LogP contribution in [0.5, 0.6) is 11.5 Å². The van der Waals surface area contributed by atoms with E-state index >= 15 is 0 Å². The lowest BCUT2D eigenvalue weighted by atomic mass is 10.1. The highest BCUT2D eigenvalue weighted by Crippen LogP contribution is 2.33. The molecule has 0 saturated carbocycles. The molecule has 28 heavy (non-hydrogen) atoms. The Balaban J connectivity index is 1.61. The van der Waals surface area contributed by atoms with Gasteiger partial charge in [0.05, 0.1) is 6.61 Å². The molecule has 1 aromatic carbocycles. The van der Waals surface area contributed by atoms with Gasteiger partial charge in [-0.2, -0.15) is 5.26 Å². The first-order chi connectivity index (χ1) is 13.7. The van der Waals surface area contributed by atoms with E-state index in [0.29, 0.717) is 23.7 Å². The summed E-state index contributed by atoms with van der Waals surface area (Å²) in [4.78, 5) is 12.1. The van der Waals surface area contributed by atoms with Gasteiger partial charge in [0.2, 0.25) is 6.79 Å². The van der Waals surface area contributed by atoms with E-state index in [2.05, 4.69) is 6.92 Å². The SMILES string of the molecule is CCCCCCCCCCCCOC(=O)C(C#N)=Cc1ccc2c(c1)OCO2. The molecule has 0 unspecified atom stereocenters. The largest absolute Gasteiger partial charge is 0.462 e. The van der Waals surface area contributed by atoms with Crippen molar-refractivity contribution in [3.05, 3.63) is 29.3 Å². The molecule has 1 aliphatic rings. The van der Waals surface area contributed by atoms with Crippen molar-refractivity contribution in [3.8, 4) is 17.6 Å². The van der Waals surface area contributed by atoms with Crippen molar-refractivity contribution in [2.75, 3.05) is 13.4 Å². The number of hydrogen-bond donors (Lipinski definition) is 0. The normalized spacial score (nSPS) is 12.6. The highest BCUT2D eigenvalue weighted by molar-refractivity contribution is 5.97. The number of nitrogens with zero attached hydrogens (tertiary/aromatic N) is 1. The third-order valence-corrected chi connectivity index (χ3v) is 4.78. The van der Waals surface area contributed by atoms with Gasteiger partial charge in [-0.3, -0.25) is 0 Å². The molecule has 5 nitrogen and oxygen atoms in total. The molecule has 0 fully saturated rings. The summed E-state index contributed by atoms with van der Waals surface area (Å²) in [5.74, 6) is 0.708. The van der Waals surface area contributed by atoms with Crippen LogP contribution < -0.4 is 9.47 Å². The number of rotatable bonds is 13. The number of carbonyl (C=O) groups is 1. The van der Waals surface area contributed by atoms with E-state index < -0.39 is 5.97 Å². The van der Waals surface area contributed by atoms with E-state index in [0.717, 1.165) is 12.8 Å². The zero-order chi connectivity index (χ0) is 20.0. The van der Waals surface area contributed by atoms with Crippen LogP contribution in [0.3, 0.4) is 0 Å². The van der Waals surface area contributed by atoms with Crippen molar-refractivity contribution in [2.45, 2.75) is 71.1 Å². The fourth-order valence-corrected chi connectivity index (χ4v) is 3.14. The van der Waals surface area contributed by atoms with Gasteiger partial charge in [0.15, 0.2) is 11.5 Å². The van der Waals surface area contributed by atoms with Gasteiger partial charge in [-0.1, -0.05) is 70.8 Å². The number of ether oxygens (including phenoxy) is 3. The summed E-state index contributed by atoms with van der Waals surface area (Å²) >= 11 is 0. The third-order valence-electron chi connectivity index (χ3n) is 4.78. The fourth-order valence-electron chi connectivity index (χ4n) is 3.14. The zero-order valence-electron chi connectivity index (χ0n) is 16.9. The van der Waals surface area contributed by atoms with Crippen molar-refractivity contribution in [2.24, 2.45) is 0 Å². The summed E-state index contributed by atoms with van der Waals surface area (Å²) in [6.45, 7) is 2.78. The van der Waals surface area contributed by atoms with E-state index in [1.54, 1.807) is 18.2 Å². The Morgan fingerprint density at radius 3 is 2.36 bits per heavy atom. The lowest BCUT2D eigenvalue weighted by Gasteiger charge is -2.05. The molecule has 0 spiro atoms. The average molecular weight is 386 g/mol. The van der Waals surface area contributed by atoms with Gasteiger partial charge in [-0.15, -0.1) is 0 Å². The van der Waals surface area contributed by atoms with Crippen molar-refractivity contribution >= 4 is 12.0 Å². The molecular formula is C23H31NO4. The van der Waals surface area contributed by atoms with Crippen LogP contribution in [0, 0.1) is 11.3 Å². The Morgan fingerprint density at radius 1 is 1.04 bits per heavy atom. The number of unbranched alkanes of at least 4 members (excludes halogenated alkanes) is 9.